The summed E-state index contributed by atoms with van der Waals surface area (Å²) in [7, 11) is 0. The third kappa shape index (κ3) is 2.93. The van der Waals surface area contributed by atoms with E-state index in [1.807, 2.05) is 0 Å². The zero-order chi connectivity index (χ0) is 14.9. The van der Waals surface area contributed by atoms with E-state index in [4.69, 9.17) is 34.8 Å². The van der Waals surface area contributed by atoms with Crippen LogP contribution in [0.5, 0.6) is 0 Å². The van der Waals surface area contributed by atoms with Gasteiger partial charge in [0, 0.05) is 28.3 Å². The van der Waals surface area contributed by atoms with E-state index in [1.165, 1.54) is 30.3 Å². The summed E-state index contributed by atoms with van der Waals surface area (Å²) >= 11 is 17.6. The molecule has 0 saturated heterocycles. The Hall–Kier alpha value is -1.62. The number of carbonyl (C=O) groups excluding carboxylic acids is 1. The molecule has 2 rings (SSSR count). The molecule has 0 aliphatic heterocycles. The number of carbonyl (C=O) groups is 1. The van der Waals surface area contributed by atoms with Gasteiger partial charge in [-0.2, -0.15) is 0 Å². The maximum absolute atomic E-state index is 12.3. The van der Waals surface area contributed by atoms with Crippen LogP contribution in [0.25, 0.3) is 0 Å². The number of hydrogen-bond donors (Lipinski definition) is 0. The minimum atomic E-state index is -0.601. The van der Waals surface area contributed by atoms with Crippen molar-refractivity contribution >= 4 is 46.3 Å². The van der Waals surface area contributed by atoms with Gasteiger partial charge in [-0.1, -0.05) is 34.8 Å². The van der Waals surface area contributed by atoms with Crippen molar-refractivity contribution in [1.82, 2.24) is 0 Å². The molecule has 0 aliphatic rings. The van der Waals surface area contributed by atoms with E-state index in [0.29, 0.717) is 5.02 Å². The van der Waals surface area contributed by atoms with Gasteiger partial charge in [0.2, 0.25) is 0 Å². The fraction of sp³-hybridized carbons (Fsp3) is 0. The molecule has 0 saturated carbocycles. The minimum Gasteiger partial charge on any atom is -0.288 e. The normalized spacial score (nSPS) is 10.3. The molecule has 0 spiro atoms. The summed E-state index contributed by atoms with van der Waals surface area (Å²) in [5, 5.41) is 11.4. The fourth-order valence-electron chi connectivity index (χ4n) is 1.62. The molecule has 0 fully saturated rings. The number of nitro benzene ring substituents is 1. The zero-order valence-electron chi connectivity index (χ0n) is 9.77. The molecule has 0 bridgehead atoms. The highest BCUT2D eigenvalue weighted by molar-refractivity contribution is 6.39. The van der Waals surface area contributed by atoms with Crippen molar-refractivity contribution in [2.24, 2.45) is 0 Å². The predicted molar refractivity (Wildman–Crippen MR) is 78.0 cm³/mol. The van der Waals surface area contributed by atoms with Crippen molar-refractivity contribution in [1.29, 1.82) is 0 Å². The van der Waals surface area contributed by atoms with E-state index in [1.54, 1.807) is 0 Å². The van der Waals surface area contributed by atoms with Gasteiger partial charge in [0.15, 0.2) is 5.78 Å². The lowest BCUT2D eigenvalue weighted by molar-refractivity contribution is -0.384. The number of nitrogens with zero attached hydrogens (tertiary/aromatic N) is 1. The SMILES string of the molecule is O=C(c1ccc(Cl)cc1Cl)c1cc([N+](=O)[O-])ccc1Cl. The van der Waals surface area contributed by atoms with Gasteiger partial charge in [0.05, 0.1) is 15.0 Å². The molecule has 0 N–H and O–H groups in total. The quantitative estimate of drug-likeness (QED) is 0.462. The van der Waals surface area contributed by atoms with Crippen LogP contribution >= 0.6 is 34.8 Å². The summed E-state index contributed by atoms with van der Waals surface area (Å²) in [4.78, 5) is 22.5. The highest BCUT2D eigenvalue weighted by Gasteiger charge is 2.19. The third-order valence-electron chi connectivity index (χ3n) is 2.58. The van der Waals surface area contributed by atoms with Gasteiger partial charge >= 0.3 is 0 Å². The summed E-state index contributed by atoms with van der Waals surface area (Å²) in [5.74, 6) is -0.500. The van der Waals surface area contributed by atoms with Crippen LogP contribution in [0.2, 0.25) is 15.1 Å². The van der Waals surface area contributed by atoms with Crippen LogP contribution in [0.15, 0.2) is 36.4 Å². The molecule has 0 heterocycles. The van der Waals surface area contributed by atoms with E-state index < -0.39 is 10.7 Å². The highest BCUT2D eigenvalue weighted by atomic mass is 35.5. The first-order valence-electron chi connectivity index (χ1n) is 5.34. The lowest BCUT2D eigenvalue weighted by Gasteiger charge is -2.06. The molecule has 4 nitrogen and oxygen atoms in total. The molecule has 0 atom stereocenters. The molecule has 0 aliphatic carbocycles. The van der Waals surface area contributed by atoms with Gasteiger partial charge in [-0.3, -0.25) is 14.9 Å². The Labute approximate surface area is 129 Å². The lowest BCUT2D eigenvalue weighted by atomic mass is 10.0. The van der Waals surface area contributed by atoms with Crippen LogP contribution in [0.3, 0.4) is 0 Å². The second-order valence-electron chi connectivity index (χ2n) is 3.87. The lowest BCUT2D eigenvalue weighted by Crippen LogP contribution is -2.04. The Balaban J connectivity index is 2.53. The van der Waals surface area contributed by atoms with Crippen LogP contribution in [0.1, 0.15) is 15.9 Å². The van der Waals surface area contributed by atoms with E-state index in [-0.39, 0.29) is 26.9 Å². The summed E-state index contributed by atoms with van der Waals surface area (Å²) in [6.45, 7) is 0. The second kappa shape index (κ2) is 5.79. The van der Waals surface area contributed by atoms with E-state index >= 15 is 0 Å². The number of ketones is 1. The molecule has 20 heavy (non-hydrogen) atoms. The molecule has 0 amide bonds. The number of rotatable bonds is 3. The molecular formula is C13H6Cl3NO3. The molecule has 102 valence electrons. The monoisotopic (exact) mass is 329 g/mol. The summed E-state index contributed by atoms with van der Waals surface area (Å²) in [6.07, 6.45) is 0. The number of nitro groups is 1. The van der Waals surface area contributed by atoms with E-state index in [0.717, 1.165) is 6.07 Å². The van der Waals surface area contributed by atoms with Crippen molar-refractivity contribution in [3.8, 4) is 0 Å². The van der Waals surface area contributed by atoms with Gasteiger partial charge < -0.3 is 0 Å². The molecule has 0 unspecified atom stereocenters. The Morgan fingerprint density at radius 1 is 0.950 bits per heavy atom. The molecule has 7 heteroatoms. The van der Waals surface area contributed by atoms with Crippen molar-refractivity contribution < 1.29 is 9.72 Å². The maximum Gasteiger partial charge on any atom is 0.270 e. The predicted octanol–water partition coefficient (Wildman–Crippen LogP) is 4.79. The largest absolute Gasteiger partial charge is 0.288 e. The fourth-order valence-corrected chi connectivity index (χ4v) is 2.32. The van der Waals surface area contributed by atoms with Gasteiger partial charge in [0.1, 0.15) is 0 Å². The number of non-ortho nitro benzene ring substituents is 1. The smallest absolute Gasteiger partial charge is 0.270 e. The highest BCUT2D eigenvalue weighted by Crippen LogP contribution is 2.28. The van der Waals surface area contributed by atoms with Crippen molar-refractivity contribution in [2.45, 2.75) is 0 Å². The third-order valence-corrected chi connectivity index (χ3v) is 3.46. The van der Waals surface area contributed by atoms with E-state index in [9.17, 15) is 14.9 Å². The molecule has 0 radical (unpaired) electrons. The second-order valence-corrected chi connectivity index (χ2v) is 5.13. The molecular weight excluding hydrogens is 325 g/mol. The van der Waals surface area contributed by atoms with Gasteiger partial charge in [0.25, 0.3) is 5.69 Å². The first-order chi connectivity index (χ1) is 9.40. The standard InChI is InChI=1S/C13H6Cl3NO3/c14-7-1-3-9(12(16)5-7)13(18)10-6-8(17(19)20)2-4-11(10)15/h1-6H. The van der Waals surface area contributed by atoms with Crippen LogP contribution in [-0.2, 0) is 0 Å². The Bertz CT molecular complexity index is 716. The molecule has 0 aromatic heterocycles. The number of halogens is 3. The first kappa shape index (κ1) is 14.8. The average Bonchev–Trinajstić information content (AvgIpc) is 2.38. The van der Waals surface area contributed by atoms with Crippen molar-refractivity contribution in [2.75, 3.05) is 0 Å². The summed E-state index contributed by atoms with van der Waals surface area (Å²) in [6, 6.07) is 8.02. The maximum atomic E-state index is 12.3. The Morgan fingerprint density at radius 2 is 1.65 bits per heavy atom. The van der Waals surface area contributed by atoms with Crippen molar-refractivity contribution in [3.05, 3.63) is 72.7 Å². The first-order valence-corrected chi connectivity index (χ1v) is 6.47. The van der Waals surface area contributed by atoms with Gasteiger partial charge in [-0.05, 0) is 24.3 Å². The summed E-state index contributed by atoms with van der Waals surface area (Å²) < 4.78 is 0. The zero-order valence-corrected chi connectivity index (χ0v) is 12.0. The Kier molecular flexibility index (Phi) is 4.28. The van der Waals surface area contributed by atoms with Crippen LogP contribution in [0.4, 0.5) is 5.69 Å². The topological polar surface area (TPSA) is 60.2 Å². The number of hydrogen-bond acceptors (Lipinski definition) is 3. The molecule has 2 aromatic rings. The van der Waals surface area contributed by atoms with E-state index in [2.05, 4.69) is 0 Å². The van der Waals surface area contributed by atoms with Gasteiger partial charge in [-0.15, -0.1) is 0 Å². The minimum absolute atomic E-state index is 0.0186. The van der Waals surface area contributed by atoms with Crippen LogP contribution in [-0.4, -0.2) is 10.7 Å². The average molecular weight is 331 g/mol. The summed E-state index contributed by atoms with van der Waals surface area (Å²) in [5.41, 5.74) is -0.0219. The van der Waals surface area contributed by atoms with Crippen LogP contribution < -0.4 is 0 Å². The Morgan fingerprint density at radius 3 is 2.25 bits per heavy atom. The molecule has 2 aromatic carbocycles. The number of benzene rings is 2. The van der Waals surface area contributed by atoms with Gasteiger partial charge in [-0.25, -0.2) is 0 Å². The van der Waals surface area contributed by atoms with Crippen LogP contribution in [0, 0.1) is 10.1 Å². The van der Waals surface area contributed by atoms with Crippen molar-refractivity contribution in [3.63, 3.8) is 0 Å².